The van der Waals surface area contributed by atoms with Gasteiger partial charge in [-0.1, -0.05) is 54.2 Å². The molecule has 0 aromatic carbocycles. The molecule has 9 nitrogen and oxygen atoms in total. The van der Waals surface area contributed by atoms with Gasteiger partial charge in [-0.3, -0.25) is 9.69 Å². The number of hydrogen-bond acceptors (Lipinski definition) is 6. The number of β-lactam (4-membered cyclic amide) rings is 1. The molecule has 0 unspecified atom stereocenters. The molecule has 2 saturated heterocycles. The van der Waals surface area contributed by atoms with Crippen LogP contribution in [0.15, 0.2) is 35.6 Å². The lowest BCUT2D eigenvalue weighted by Crippen LogP contribution is -2.70. The molecule has 0 aromatic rings. The van der Waals surface area contributed by atoms with Gasteiger partial charge in [-0.05, 0) is 80.4 Å². The number of fused-ring (bicyclic) bond motifs is 1. The smallest absolute Gasteiger partial charge is 0.412 e. The lowest BCUT2D eigenvalue weighted by Gasteiger charge is -2.57. The standard InChI is InChI=1S/C32H54N2O7Si2/c1-14-15-39-28(38)33-19-21(29(3,4)5)18-32(33,41-43(12)13)17-20(2)22-16-23-24(26(35)34(23)25(22)27(36)37)31(9,30(6,7)8)40-42(10)11/h14,17,21,23-24,42-43H,1,15-16,18-19H2,2-13H3,(H,36,37)/b20-17+/t21-,23+,24+,31+,32+/m0/s1. The number of carboxylic acids is 1. The van der Waals surface area contributed by atoms with Crippen molar-refractivity contribution in [2.75, 3.05) is 13.2 Å². The van der Waals surface area contributed by atoms with E-state index in [1.54, 1.807) is 4.90 Å². The number of likely N-dealkylation sites (tertiary alicyclic amines) is 1. The van der Waals surface area contributed by atoms with Gasteiger partial charge in [0.2, 0.25) is 5.91 Å². The molecule has 0 aromatic heterocycles. The molecule has 242 valence electrons. The Bertz CT molecular complexity index is 1200. The molecule has 11 heteroatoms. The van der Waals surface area contributed by atoms with E-state index in [1.165, 1.54) is 11.0 Å². The van der Waals surface area contributed by atoms with Crippen LogP contribution in [0.3, 0.4) is 0 Å². The summed E-state index contributed by atoms with van der Waals surface area (Å²) in [4.78, 5) is 43.1. The number of allylic oxidation sites excluding steroid dienone is 1. The van der Waals surface area contributed by atoms with Crippen molar-refractivity contribution in [1.29, 1.82) is 0 Å². The number of carbonyl (C=O) groups excluding carboxylic acids is 2. The molecule has 2 amide bonds. The predicted molar refractivity (Wildman–Crippen MR) is 173 cm³/mol. The molecule has 3 rings (SSSR count). The van der Waals surface area contributed by atoms with E-state index in [2.05, 4.69) is 74.3 Å². The van der Waals surface area contributed by atoms with Crippen LogP contribution >= 0.6 is 0 Å². The van der Waals surface area contributed by atoms with Crippen molar-refractivity contribution in [3.63, 3.8) is 0 Å². The Balaban J connectivity index is 2.12. The Morgan fingerprint density at radius 1 is 1.09 bits per heavy atom. The fourth-order valence-corrected chi connectivity index (χ4v) is 9.49. The van der Waals surface area contributed by atoms with Crippen molar-refractivity contribution in [3.8, 4) is 0 Å². The van der Waals surface area contributed by atoms with Gasteiger partial charge in [0.05, 0.1) is 17.6 Å². The van der Waals surface area contributed by atoms with E-state index in [1.807, 2.05) is 19.9 Å². The first kappa shape index (κ1) is 35.3. The van der Waals surface area contributed by atoms with Gasteiger partial charge >= 0.3 is 12.1 Å². The Hall–Kier alpha value is -2.22. The topological polar surface area (TPSA) is 106 Å². The maximum absolute atomic E-state index is 13.8. The van der Waals surface area contributed by atoms with Crippen LogP contribution in [0.1, 0.15) is 68.2 Å². The van der Waals surface area contributed by atoms with Crippen LogP contribution in [0.25, 0.3) is 0 Å². The van der Waals surface area contributed by atoms with Crippen molar-refractivity contribution >= 4 is 36.1 Å². The third-order valence-corrected chi connectivity index (χ3v) is 11.3. The van der Waals surface area contributed by atoms with E-state index >= 15 is 0 Å². The molecule has 0 aliphatic carbocycles. The zero-order valence-corrected chi connectivity index (χ0v) is 30.7. The van der Waals surface area contributed by atoms with Crippen molar-refractivity contribution in [1.82, 2.24) is 9.80 Å². The number of aliphatic carboxylic acids is 1. The summed E-state index contributed by atoms with van der Waals surface area (Å²) in [5.74, 6) is -1.69. The minimum absolute atomic E-state index is 0.0149. The van der Waals surface area contributed by atoms with Crippen LogP contribution in [-0.2, 0) is 23.2 Å². The summed E-state index contributed by atoms with van der Waals surface area (Å²) in [5.41, 5.74) is -0.981. The molecule has 3 aliphatic rings. The van der Waals surface area contributed by atoms with E-state index in [4.69, 9.17) is 13.6 Å². The van der Waals surface area contributed by atoms with E-state index < -0.39 is 47.4 Å². The first-order chi connectivity index (χ1) is 19.6. The fraction of sp³-hybridized carbons (Fsp3) is 0.719. The number of carboxylic acid groups (broad SMARTS) is 1. The minimum atomic E-state index is -1.72. The van der Waals surface area contributed by atoms with Gasteiger partial charge in [0.1, 0.15) is 12.3 Å². The average Bonchev–Trinajstić information content (AvgIpc) is 3.37. The Labute approximate surface area is 261 Å². The fourth-order valence-electron chi connectivity index (χ4n) is 6.91. The van der Waals surface area contributed by atoms with Crippen molar-refractivity contribution in [2.45, 2.75) is 112 Å². The molecule has 3 heterocycles. The zero-order valence-electron chi connectivity index (χ0n) is 28.4. The number of carbonyl (C=O) groups is 3. The summed E-state index contributed by atoms with van der Waals surface area (Å²) in [6.07, 6.45) is 3.92. The molecule has 3 aliphatic heterocycles. The third kappa shape index (κ3) is 6.60. The lowest BCUT2D eigenvalue weighted by molar-refractivity contribution is -0.180. The third-order valence-electron chi connectivity index (χ3n) is 9.45. The molecule has 1 N–H and O–H groups in total. The highest BCUT2D eigenvalue weighted by Gasteiger charge is 2.64. The molecular weight excluding hydrogens is 581 g/mol. The predicted octanol–water partition coefficient (Wildman–Crippen LogP) is 5.69. The molecule has 0 spiro atoms. The molecule has 0 radical (unpaired) electrons. The van der Waals surface area contributed by atoms with E-state index in [-0.39, 0.29) is 41.0 Å². The van der Waals surface area contributed by atoms with Gasteiger partial charge in [-0.2, -0.15) is 0 Å². The van der Waals surface area contributed by atoms with Gasteiger partial charge < -0.3 is 23.6 Å². The molecule has 43 heavy (non-hydrogen) atoms. The van der Waals surface area contributed by atoms with Crippen LogP contribution in [0, 0.1) is 22.7 Å². The highest BCUT2D eigenvalue weighted by atomic mass is 28.3. The first-order valence-electron chi connectivity index (χ1n) is 15.5. The number of ether oxygens (including phenoxy) is 1. The lowest BCUT2D eigenvalue weighted by atomic mass is 9.63. The van der Waals surface area contributed by atoms with Crippen LogP contribution in [0.5, 0.6) is 0 Å². The average molecular weight is 635 g/mol. The maximum Gasteiger partial charge on any atom is 0.412 e. The quantitative estimate of drug-likeness (QED) is 0.187. The molecule has 2 fully saturated rings. The van der Waals surface area contributed by atoms with Crippen molar-refractivity contribution in [2.24, 2.45) is 22.7 Å². The van der Waals surface area contributed by atoms with E-state index in [9.17, 15) is 19.5 Å². The largest absolute Gasteiger partial charge is 0.477 e. The maximum atomic E-state index is 13.8. The number of nitrogens with zero attached hydrogens (tertiary/aromatic N) is 2. The number of amides is 2. The monoisotopic (exact) mass is 634 g/mol. The molecule has 0 saturated carbocycles. The highest BCUT2D eigenvalue weighted by Crippen LogP contribution is 2.54. The summed E-state index contributed by atoms with van der Waals surface area (Å²) < 4.78 is 18.8. The second-order valence-corrected chi connectivity index (χ2v) is 19.9. The molecule has 5 atom stereocenters. The Kier molecular flexibility index (Phi) is 10.1. The van der Waals surface area contributed by atoms with Crippen molar-refractivity contribution < 1.29 is 33.1 Å². The molecule has 0 bridgehead atoms. The highest BCUT2D eigenvalue weighted by molar-refractivity contribution is 6.48. The van der Waals surface area contributed by atoms with Crippen LogP contribution in [0.4, 0.5) is 4.79 Å². The molecular formula is C32H54N2O7Si2. The van der Waals surface area contributed by atoms with Gasteiger partial charge in [-0.25, -0.2) is 9.59 Å². The van der Waals surface area contributed by atoms with Gasteiger partial charge in [0.25, 0.3) is 0 Å². The Morgan fingerprint density at radius 3 is 2.16 bits per heavy atom. The Morgan fingerprint density at radius 2 is 1.70 bits per heavy atom. The van der Waals surface area contributed by atoms with Crippen LogP contribution in [-0.4, -0.2) is 81.5 Å². The first-order valence-corrected chi connectivity index (χ1v) is 21.1. The number of rotatable bonds is 10. The number of hydrogen-bond donors (Lipinski definition) is 1. The van der Waals surface area contributed by atoms with E-state index in [0.717, 1.165) is 0 Å². The summed E-state index contributed by atoms with van der Waals surface area (Å²) >= 11 is 0. The summed E-state index contributed by atoms with van der Waals surface area (Å²) in [6, 6.07) is -0.315. The van der Waals surface area contributed by atoms with Gasteiger partial charge in [0, 0.05) is 13.0 Å². The summed E-state index contributed by atoms with van der Waals surface area (Å²) in [7, 11) is -3.26. The minimum Gasteiger partial charge on any atom is -0.477 e. The SMILES string of the molecule is C=CCOC(=O)N1C[C@@H](C(C)(C)C)C[C@@]1(/C=C(\C)C1=C(C(=O)O)N2C(=O)[C@H]([C@@](C)(O[SiH](C)C)C(C)(C)C)[C@H]2C1)O[SiH](C)C. The van der Waals surface area contributed by atoms with Crippen LogP contribution < -0.4 is 0 Å². The van der Waals surface area contributed by atoms with Gasteiger partial charge in [-0.15, -0.1) is 0 Å². The summed E-state index contributed by atoms with van der Waals surface area (Å²) in [6.45, 7) is 29.1. The van der Waals surface area contributed by atoms with Crippen molar-refractivity contribution in [3.05, 3.63) is 35.6 Å². The summed E-state index contributed by atoms with van der Waals surface area (Å²) in [5, 5.41) is 10.4. The van der Waals surface area contributed by atoms with Gasteiger partial charge in [0.15, 0.2) is 23.8 Å². The second kappa shape index (κ2) is 12.3. The van der Waals surface area contributed by atoms with E-state index in [0.29, 0.717) is 30.5 Å². The second-order valence-electron chi connectivity index (χ2n) is 15.2. The normalized spacial score (nSPS) is 27.9. The van der Waals surface area contributed by atoms with Crippen LogP contribution in [0.2, 0.25) is 26.2 Å². The zero-order chi connectivity index (χ0) is 32.9.